The number of ether oxygens (including phenoxy) is 2. The fourth-order valence-corrected chi connectivity index (χ4v) is 1.25. The Morgan fingerprint density at radius 3 is 1.50 bits per heavy atom. The molecule has 0 radical (unpaired) electrons. The van der Waals surface area contributed by atoms with Gasteiger partial charge in [-0.25, -0.2) is 4.79 Å². The van der Waals surface area contributed by atoms with Crippen molar-refractivity contribution in [1.29, 1.82) is 0 Å². The topological polar surface area (TPSA) is 35.5 Å². The van der Waals surface area contributed by atoms with Gasteiger partial charge < -0.3 is 9.47 Å². The van der Waals surface area contributed by atoms with E-state index in [1.807, 2.05) is 0 Å². The van der Waals surface area contributed by atoms with E-state index in [0.717, 1.165) is 0 Å². The molecular formula is C6H3F7O3. The molecular weight excluding hydrogens is 253 g/mol. The molecule has 1 aliphatic rings. The molecule has 3 nitrogen and oxygen atoms in total. The standard InChI is InChI=1S/C6H3F7O3/c1-3(7)4(5(8,9)10,6(11,12)13)16-2(14)15-3/h1H3. The summed E-state index contributed by atoms with van der Waals surface area (Å²) >= 11 is 0. The first-order chi connectivity index (χ1) is 6.85. The number of halogens is 7. The highest BCUT2D eigenvalue weighted by Gasteiger charge is 2.88. The summed E-state index contributed by atoms with van der Waals surface area (Å²) in [5.41, 5.74) is -5.30. The fourth-order valence-electron chi connectivity index (χ4n) is 1.25. The number of alkyl halides is 7. The van der Waals surface area contributed by atoms with Crippen LogP contribution in [0.2, 0.25) is 0 Å². The molecule has 10 heteroatoms. The van der Waals surface area contributed by atoms with E-state index in [9.17, 15) is 35.5 Å². The van der Waals surface area contributed by atoms with Gasteiger partial charge in [-0.2, -0.15) is 30.7 Å². The van der Waals surface area contributed by atoms with E-state index in [-0.39, 0.29) is 6.92 Å². The maximum absolute atomic E-state index is 13.2. The highest BCUT2D eigenvalue weighted by atomic mass is 19.4. The third kappa shape index (κ3) is 1.39. The minimum absolute atomic E-state index is 0.182. The molecule has 1 heterocycles. The fraction of sp³-hybridized carbons (Fsp3) is 0.833. The molecule has 1 atom stereocenters. The average molecular weight is 256 g/mol. The lowest BCUT2D eigenvalue weighted by molar-refractivity contribution is -0.397. The van der Waals surface area contributed by atoms with Crippen molar-refractivity contribution in [2.24, 2.45) is 0 Å². The molecule has 0 aromatic carbocycles. The van der Waals surface area contributed by atoms with Crippen LogP contribution < -0.4 is 0 Å². The molecule has 0 N–H and O–H groups in total. The van der Waals surface area contributed by atoms with Crippen molar-refractivity contribution >= 4 is 6.16 Å². The second-order valence-corrected chi connectivity index (χ2v) is 3.05. The van der Waals surface area contributed by atoms with Crippen LogP contribution in [0.15, 0.2) is 0 Å². The Labute approximate surface area is 83.1 Å². The number of rotatable bonds is 0. The number of carbonyl (C=O) groups is 1. The van der Waals surface area contributed by atoms with Gasteiger partial charge in [-0.05, 0) is 0 Å². The lowest BCUT2D eigenvalue weighted by Gasteiger charge is -2.35. The lowest BCUT2D eigenvalue weighted by Crippen LogP contribution is -2.66. The Hall–Kier alpha value is -1.22. The third-order valence-corrected chi connectivity index (χ3v) is 1.94. The van der Waals surface area contributed by atoms with Gasteiger partial charge in [0.15, 0.2) is 0 Å². The van der Waals surface area contributed by atoms with E-state index in [2.05, 4.69) is 9.47 Å². The highest BCUT2D eigenvalue weighted by Crippen LogP contribution is 2.56. The molecule has 0 saturated carbocycles. The van der Waals surface area contributed by atoms with Gasteiger partial charge in [-0.3, -0.25) is 0 Å². The molecule has 1 unspecified atom stereocenters. The smallest absolute Gasteiger partial charge is 0.401 e. The molecule has 1 fully saturated rings. The molecule has 1 aliphatic heterocycles. The van der Waals surface area contributed by atoms with Crippen LogP contribution in [0.5, 0.6) is 0 Å². The summed E-state index contributed by atoms with van der Waals surface area (Å²) in [6.45, 7) is -0.182. The third-order valence-electron chi connectivity index (χ3n) is 1.94. The van der Waals surface area contributed by atoms with E-state index in [4.69, 9.17) is 0 Å². The highest BCUT2D eigenvalue weighted by molar-refractivity contribution is 5.64. The van der Waals surface area contributed by atoms with Gasteiger partial charge in [0.1, 0.15) is 0 Å². The van der Waals surface area contributed by atoms with Crippen molar-refractivity contribution < 1.29 is 45.0 Å². The monoisotopic (exact) mass is 256 g/mol. The van der Waals surface area contributed by atoms with E-state index in [1.165, 1.54) is 0 Å². The van der Waals surface area contributed by atoms with Crippen molar-refractivity contribution in [2.75, 3.05) is 0 Å². The molecule has 0 aromatic heterocycles. The molecule has 16 heavy (non-hydrogen) atoms. The maximum atomic E-state index is 13.2. The van der Waals surface area contributed by atoms with Crippen LogP contribution in [0.25, 0.3) is 0 Å². The molecule has 0 aliphatic carbocycles. The number of carbonyl (C=O) groups excluding carboxylic acids is 1. The van der Waals surface area contributed by atoms with Crippen molar-refractivity contribution in [3.8, 4) is 0 Å². The average Bonchev–Trinajstić information content (AvgIpc) is 2.16. The van der Waals surface area contributed by atoms with Crippen LogP contribution in [0.3, 0.4) is 0 Å². The Morgan fingerprint density at radius 1 is 1.00 bits per heavy atom. The predicted octanol–water partition coefficient (Wildman–Crippen LogP) is 2.70. The second kappa shape index (κ2) is 2.92. The van der Waals surface area contributed by atoms with Gasteiger partial charge in [-0.1, -0.05) is 0 Å². The van der Waals surface area contributed by atoms with E-state index in [1.54, 1.807) is 0 Å². The summed E-state index contributed by atoms with van der Waals surface area (Å²) in [4.78, 5) is 10.3. The van der Waals surface area contributed by atoms with Crippen LogP contribution in [-0.4, -0.2) is 30.0 Å². The summed E-state index contributed by atoms with van der Waals surface area (Å²) in [5.74, 6) is -4.37. The first-order valence-electron chi connectivity index (χ1n) is 3.59. The van der Waals surface area contributed by atoms with Crippen molar-refractivity contribution in [3.05, 3.63) is 0 Å². The minimum atomic E-state index is -6.19. The molecule has 0 bridgehead atoms. The largest absolute Gasteiger partial charge is 0.512 e. The zero-order valence-corrected chi connectivity index (χ0v) is 7.37. The predicted molar refractivity (Wildman–Crippen MR) is 31.9 cm³/mol. The number of cyclic esters (lactones) is 2. The number of hydrogen-bond donors (Lipinski definition) is 0. The summed E-state index contributed by atoms with van der Waals surface area (Å²) in [5, 5.41) is 0. The van der Waals surface area contributed by atoms with Gasteiger partial charge in [0.05, 0.1) is 0 Å². The molecule has 0 amide bonds. The Bertz CT molecular complexity index is 301. The summed E-state index contributed by atoms with van der Waals surface area (Å²) in [6.07, 6.45) is -14.8. The Morgan fingerprint density at radius 2 is 1.38 bits per heavy atom. The first-order valence-corrected chi connectivity index (χ1v) is 3.59. The molecule has 0 aromatic rings. The summed E-state index contributed by atoms with van der Waals surface area (Å²) in [7, 11) is 0. The van der Waals surface area contributed by atoms with Gasteiger partial charge in [0, 0.05) is 6.92 Å². The quantitative estimate of drug-likeness (QED) is 0.493. The van der Waals surface area contributed by atoms with Gasteiger partial charge in [0.25, 0.3) is 0 Å². The number of hydrogen-bond acceptors (Lipinski definition) is 3. The first kappa shape index (κ1) is 12.8. The van der Waals surface area contributed by atoms with Crippen LogP contribution in [0.4, 0.5) is 35.5 Å². The van der Waals surface area contributed by atoms with Crippen LogP contribution in [0.1, 0.15) is 6.92 Å². The van der Waals surface area contributed by atoms with Crippen molar-refractivity contribution in [1.82, 2.24) is 0 Å². The molecule has 94 valence electrons. The van der Waals surface area contributed by atoms with Crippen LogP contribution >= 0.6 is 0 Å². The summed E-state index contributed by atoms with van der Waals surface area (Å²) in [6, 6.07) is 0. The van der Waals surface area contributed by atoms with Crippen LogP contribution in [0, 0.1) is 0 Å². The lowest BCUT2D eigenvalue weighted by atomic mass is 9.94. The summed E-state index contributed by atoms with van der Waals surface area (Å²) < 4.78 is 93.0. The zero-order valence-electron chi connectivity index (χ0n) is 7.37. The van der Waals surface area contributed by atoms with Crippen molar-refractivity contribution in [2.45, 2.75) is 30.7 Å². The van der Waals surface area contributed by atoms with Gasteiger partial charge >= 0.3 is 30.0 Å². The van der Waals surface area contributed by atoms with Crippen molar-refractivity contribution in [3.63, 3.8) is 0 Å². The maximum Gasteiger partial charge on any atom is 0.512 e. The van der Waals surface area contributed by atoms with E-state index < -0.39 is 30.0 Å². The normalized spacial score (nSPS) is 29.9. The Kier molecular flexibility index (Phi) is 2.34. The van der Waals surface area contributed by atoms with E-state index >= 15 is 0 Å². The van der Waals surface area contributed by atoms with Gasteiger partial charge in [-0.15, -0.1) is 0 Å². The Balaban J connectivity index is 3.44. The minimum Gasteiger partial charge on any atom is -0.401 e. The SMILES string of the molecule is CC1(F)OC(=O)OC1(C(F)(F)F)C(F)(F)F. The van der Waals surface area contributed by atoms with Gasteiger partial charge in [0.2, 0.25) is 0 Å². The zero-order chi connectivity index (χ0) is 13.0. The van der Waals surface area contributed by atoms with Crippen LogP contribution in [-0.2, 0) is 9.47 Å². The van der Waals surface area contributed by atoms with E-state index in [0.29, 0.717) is 0 Å². The molecule has 0 spiro atoms. The molecule has 1 saturated heterocycles. The second-order valence-electron chi connectivity index (χ2n) is 3.05. The molecule has 1 rings (SSSR count).